The molecule has 2 heterocycles. The molecule has 0 fully saturated rings. The first-order chi connectivity index (χ1) is 13.2. The van der Waals surface area contributed by atoms with Gasteiger partial charge >= 0.3 is 5.69 Å². The highest BCUT2D eigenvalue weighted by molar-refractivity contribution is 5.70. The second-order valence-electron chi connectivity index (χ2n) is 6.30. The first-order valence-corrected chi connectivity index (χ1v) is 8.73. The van der Waals surface area contributed by atoms with Gasteiger partial charge in [0.05, 0.1) is 19.9 Å². The van der Waals surface area contributed by atoms with Crippen LogP contribution in [-0.2, 0) is 19.6 Å². The van der Waals surface area contributed by atoms with Crippen molar-refractivity contribution in [1.82, 2.24) is 9.55 Å². The second-order valence-corrected chi connectivity index (χ2v) is 6.30. The van der Waals surface area contributed by atoms with Crippen LogP contribution in [-0.4, -0.2) is 23.8 Å². The van der Waals surface area contributed by atoms with E-state index in [2.05, 4.69) is 4.98 Å². The maximum Gasteiger partial charge on any atom is 0.351 e. The molecule has 0 saturated heterocycles. The van der Waals surface area contributed by atoms with Crippen LogP contribution in [0.4, 0.5) is 0 Å². The molecular formula is C21H20N2O4. The van der Waals surface area contributed by atoms with Crippen molar-refractivity contribution in [2.45, 2.75) is 19.6 Å². The Balaban J connectivity index is 1.73. The summed E-state index contributed by atoms with van der Waals surface area (Å²) in [6.45, 7) is 0.929. The number of methoxy groups -OCH3 is 2. The smallest absolute Gasteiger partial charge is 0.351 e. The molecule has 0 unspecified atom stereocenters. The SMILES string of the molecule is COc1cc2c(cc1OC)-c1cc(OCc3ccccc3)nc(=O)n1CC2. The van der Waals surface area contributed by atoms with Gasteiger partial charge in [-0.3, -0.25) is 4.57 Å². The second kappa shape index (κ2) is 7.15. The van der Waals surface area contributed by atoms with Gasteiger partial charge in [-0.1, -0.05) is 30.3 Å². The maximum atomic E-state index is 12.5. The molecule has 3 aromatic rings. The lowest BCUT2D eigenvalue weighted by Crippen LogP contribution is -2.28. The van der Waals surface area contributed by atoms with Gasteiger partial charge in [-0.05, 0) is 29.7 Å². The lowest BCUT2D eigenvalue weighted by molar-refractivity contribution is 0.291. The monoisotopic (exact) mass is 364 g/mol. The van der Waals surface area contributed by atoms with E-state index in [0.717, 1.165) is 28.8 Å². The Labute approximate surface area is 157 Å². The molecule has 27 heavy (non-hydrogen) atoms. The molecule has 1 aliphatic rings. The van der Waals surface area contributed by atoms with E-state index in [1.165, 1.54) is 0 Å². The Kier molecular flexibility index (Phi) is 4.54. The van der Waals surface area contributed by atoms with Crippen LogP contribution in [0, 0.1) is 0 Å². The quantitative estimate of drug-likeness (QED) is 0.696. The summed E-state index contributed by atoms with van der Waals surface area (Å²) in [4.78, 5) is 16.6. The van der Waals surface area contributed by atoms with Crippen molar-refractivity contribution in [1.29, 1.82) is 0 Å². The predicted octanol–water partition coefficient (Wildman–Crippen LogP) is 3.06. The minimum atomic E-state index is -0.309. The van der Waals surface area contributed by atoms with Crippen LogP contribution in [0.5, 0.6) is 17.4 Å². The molecule has 0 N–H and O–H groups in total. The van der Waals surface area contributed by atoms with Crippen molar-refractivity contribution in [2.24, 2.45) is 0 Å². The van der Waals surface area contributed by atoms with Crippen molar-refractivity contribution < 1.29 is 14.2 Å². The Bertz CT molecular complexity index is 1030. The third kappa shape index (κ3) is 3.26. The first-order valence-electron chi connectivity index (χ1n) is 8.73. The molecule has 138 valence electrons. The van der Waals surface area contributed by atoms with Crippen LogP contribution in [0.2, 0.25) is 0 Å². The molecule has 1 aromatic heterocycles. The third-order valence-corrected chi connectivity index (χ3v) is 4.71. The van der Waals surface area contributed by atoms with Gasteiger partial charge in [0.25, 0.3) is 0 Å². The Morgan fingerprint density at radius 3 is 2.52 bits per heavy atom. The summed E-state index contributed by atoms with van der Waals surface area (Å²) in [6.07, 6.45) is 0.731. The zero-order chi connectivity index (χ0) is 18.8. The van der Waals surface area contributed by atoms with Crippen LogP contribution < -0.4 is 19.9 Å². The maximum absolute atomic E-state index is 12.5. The van der Waals surface area contributed by atoms with Gasteiger partial charge in [-0.15, -0.1) is 0 Å². The number of hydrogen-bond acceptors (Lipinski definition) is 5. The number of nitrogens with zero attached hydrogens (tertiary/aromatic N) is 2. The molecule has 0 radical (unpaired) electrons. The minimum absolute atomic E-state index is 0.309. The molecule has 0 bridgehead atoms. The van der Waals surface area contributed by atoms with E-state index in [9.17, 15) is 4.79 Å². The van der Waals surface area contributed by atoms with Gasteiger partial charge in [-0.2, -0.15) is 4.98 Å². The van der Waals surface area contributed by atoms with Gasteiger partial charge in [0.15, 0.2) is 11.5 Å². The molecule has 0 saturated carbocycles. The van der Waals surface area contributed by atoms with Crippen molar-refractivity contribution in [3.63, 3.8) is 0 Å². The van der Waals surface area contributed by atoms with Gasteiger partial charge in [0, 0.05) is 18.2 Å². The fraction of sp³-hybridized carbons (Fsp3) is 0.238. The number of aryl methyl sites for hydroxylation is 1. The van der Waals surface area contributed by atoms with E-state index in [-0.39, 0.29) is 5.69 Å². The molecular weight excluding hydrogens is 344 g/mol. The lowest BCUT2D eigenvalue weighted by atomic mass is 9.97. The number of fused-ring (bicyclic) bond motifs is 3. The number of benzene rings is 2. The largest absolute Gasteiger partial charge is 0.493 e. The molecule has 0 amide bonds. The topological polar surface area (TPSA) is 62.6 Å². The molecule has 6 nitrogen and oxygen atoms in total. The fourth-order valence-electron chi connectivity index (χ4n) is 3.33. The minimum Gasteiger partial charge on any atom is -0.493 e. The zero-order valence-corrected chi connectivity index (χ0v) is 15.3. The summed E-state index contributed by atoms with van der Waals surface area (Å²) in [5.41, 5.74) is 3.52. The van der Waals surface area contributed by atoms with Gasteiger partial charge in [0.2, 0.25) is 5.88 Å². The van der Waals surface area contributed by atoms with Gasteiger partial charge < -0.3 is 14.2 Å². The van der Waals surface area contributed by atoms with E-state index in [1.54, 1.807) is 18.8 Å². The highest BCUT2D eigenvalue weighted by Crippen LogP contribution is 2.38. The fourth-order valence-corrected chi connectivity index (χ4v) is 3.33. The van der Waals surface area contributed by atoms with E-state index in [1.807, 2.05) is 48.5 Å². The van der Waals surface area contributed by atoms with Crippen molar-refractivity contribution >= 4 is 0 Å². The summed E-state index contributed by atoms with van der Waals surface area (Å²) < 4.78 is 18.3. The zero-order valence-electron chi connectivity index (χ0n) is 15.3. The number of aromatic nitrogens is 2. The summed E-state index contributed by atoms with van der Waals surface area (Å²) in [7, 11) is 3.21. The number of ether oxygens (including phenoxy) is 3. The van der Waals surface area contributed by atoms with Crippen LogP contribution in [0.25, 0.3) is 11.3 Å². The number of rotatable bonds is 5. The average molecular weight is 364 g/mol. The van der Waals surface area contributed by atoms with Crippen LogP contribution in [0.1, 0.15) is 11.1 Å². The lowest BCUT2D eigenvalue weighted by Gasteiger charge is -2.23. The summed E-state index contributed by atoms with van der Waals surface area (Å²) in [6, 6.07) is 15.5. The van der Waals surface area contributed by atoms with E-state index >= 15 is 0 Å². The molecule has 0 spiro atoms. The molecule has 1 aliphatic heterocycles. The Morgan fingerprint density at radius 2 is 1.78 bits per heavy atom. The molecule has 0 aliphatic carbocycles. The molecule has 6 heteroatoms. The molecule has 2 aromatic carbocycles. The van der Waals surface area contributed by atoms with Crippen molar-refractivity contribution in [2.75, 3.05) is 14.2 Å². The van der Waals surface area contributed by atoms with Crippen LogP contribution in [0.3, 0.4) is 0 Å². The number of hydrogen-bond donors (Lipinski definition) is 0. The Morgan fingerprint density at radius 1 is 1.04 bits per heavy atom. The first kappa shape index (κ1) is 17.1. The van der Waals surface area contributed by atoms with Crippen molar-refractivity contribution in [3.8, 4) is 28.6 Å². The summed E-state index contributed by atoms with van der Waals surface area (Å²) >= 11 is 0. The summed E-state index contributed by atoms with van der Waals surface area (Å²) in [5, 5.41) is 0. The predicted molar refractivity (Wildman–Crippen MR) is 102 cm³/mol. The van der Waals surface area contributed by atoms with E-state index < -0.39 is 0 Å². The summed E-state index contributed by atoms with van der Waals surface area (Å²) in [5.74, 6) is 1.63. The normalized spacial score (nSPS) is 12.1. The molecule has 0 atom stereocenters. The van der Waals surface area contributed by atoms with Crippen LogP contribution in [0.15, 0.2) is 53.3 Å². The third-order valence-electron chi connectivity index (χ3n) is 4.71. The highest BCUT2D eigenvalue weighted by Gasteiger charge is 2.22. The standard InChI is InChI=1S/C21H20N2O4/c1-25-18-10-15-8-9-23-17(16(15)11-19(18)26-2)12-20(22-21(23)24)27-13-14-6-4-3-5-7-14/h3-7,10-12H,8-9,13H2,1-2H3. The average Bonchev–Trinajstić information content (AvgIpc) is 2.71. The van der Waals surface area contributed by atoms with Gasteiger partial charge in [0.1, 0.15) is 6.61 Å². The van der Waals surface area contributed by atoms with Crippen molar-refractivity contribution in [3.05, 3.63) is 70.1 Å². The van der Waals surface area contributed by atoms with Crippen LogP contribution >= 0.6 is 0 Å². The molecule has 4 rings (SSSR count). The highest BCUT2D eigenvalue weighted by atomic mass is 16.5. The van der Waals surface area contributed by atoms with E-state index in [0.29, 0.717) is 30.5 Å². The Hall–Kier alpha value is -3.28. The van der Waals surface area contributed by atoms with E-state index in [4.69, 9.17) is 14.2 Å². The van der Waals surface area contributed by atoms with Gasteiger partial charge in [-0.25, -0.2) is 4.79 Å².